The van der Waals surface area contributed by atoms with Crippen molar-refractivity contribution in [1.82, 2.24) is 0 Å². The monoisotopic (exact) mass is 373 g/mol. The molecule has 2 unspecified atom stereocenters. The molecule has 1 amide bonds. The van der Waals surface area contributed by atoms with Gasteiger partial charge in [0, 0.05) is 11.1 Å². The summed E-state index contributed by atoms with van der Waals surface area (Å²) >= 11 is 0. The Morgan fingerprint density at radius 1 is 1.15 bits per heavy atom. The first kappa shape index (κ1) is 18.3. The predicted molar refractivity (Wildman–Crippen MR) is 100 cm³/mol. The number of anilines is 1. The molecule has 0 aromatic heterocycles. The van der Waals surface area contributed by atoms with E-state index in [-0.39, 0.29) is 11.7 Å². The maximum absolute atomic E-state index is 13.4. The zero-order valence-electron chi connectivity index (χ0n) is 14.4. The van der Waals surface area contributed by atoms with Gasteiger partial charge in [-0.1, -0.05) is 37.3 Å². The molecule has 4 nitrogen and oxygen atoms in total. The summed E-state index contributed by atoms with van der Waals surface area (Å²) < 4.78 is 37.1. The van der Waals surface area contributed by atoms with Crippen LogP contribution in [0.15, 0.2) is 66.1 Å². The Bertz CT molecular complexity index is 908. The minimum absolute atomic E-state index is 0.165. The van der Waals surface area contributed by atoms with Crippen molar-refractivity contribution < 1.29 is 17.6 Å². The molecule has 3 rings (SSSR count). The molecule has 0 N–H and O–H groups in total. The molecular formula is C20H20FNO3S. The molecule has 0 saturated heterocycles. The highest BCUT2D eigenvalue weighted by molar-refractivity contribution is 7.94. The van der Waals surface area contributed by atoms with E-state index >= 15 is 0 Å². The van der Waals surface area contributed by atoms with Gasteiger partial charge < -0.3 is 4.90 Å². The normalized spacial score (nSPS) is 19.2. The molecular weight excluding hydrogens is 353 g/mol. The second-order valence-electron chi connectivity index (χ2n) is 6.28. The van der Waals surface area contributed by atoms with E-state index in [1.165, 1.54) is 35.2 Å². The van der Waals surface area contributed by atoms with Crippen LogP contribution in [0.4, 0.5) is 10.1 Å². The van der Waals surface area contributed by atoms with Crippen LogP contribution in [-0.4, -0.2) is 26.1 Å². The Hall–Kier alpha value is -2.47. The van der Waals surface area contributed by atoms with Crippen molar-refractivity contribution in [2.45, 2.75) is 25.3 Å². The fourth-order valence-electron chi connectivity index (χ4n) is 3.21. The average molecular weight is 373 g/mol. The average Bonchev–Trinajstić information content (AvgIpc) is 2.98. The van der Waals surface area contributed by atoms with Gasteiger partial charge in [0.1, 0.15) is 5.82 Å². The summed E-state index contributed by atoms with van der Waals surface area (Å²) in [5, 5.41) is 1.14. The van der Waals surface area contributed by atoms with Gasteiger partial charge in [-0.15, -0.1) is 0 Å². The van der Waals surface area contributed by atoms with Crippen molar-refractivity contribution in [3.8, 4) is 0 Å². The van der Waals surface area contributed by atoms with Crippen LogP contribution >= 0.6 is 0 Å². The minimum Gasteiger partial charge on any atom is -0.304 e. The molecule has 1 heterocycles. The largest absolute Gasteiger partial charge is 0.304 e. The molecule has 0 spiro atoms. The Balaban J connectivity index is 2.01. The minimum atomic E-state index is -3.34. The predicted octanol–water partition coefficient (Wildman–Crippen LogP) is 3.66. The van der Waals surface area contributed by atoms with Crippen LogP contribution in [0, 0.1) is 5.82 Å². The van der Waals surface area contributed by atoms with E-state index in [0.29, 0.717) is 12.1 Å². The molecule has 1 aliphatic heterocycles. The first-order valence-corrected chi connectivity index (χ1v) is 10.2. The lowest BCUT2D eigenvalue weighted by molar-refractivity contribution is -0.120. The molecule has 0 bridgehead atoms. The number of hydrogen-bond acceptors (Lipinski definition) is 3. The molecule has 0 aliphatic carbocycles. The third-order valence-corrected chi connectivity index (χ3v) is 5.87. The number of carbonyl (C=O) groups excluding carboxylic acids is 1. The number of hydrogen-bond donors (Lipinski definition) is 0. The molecule has 26 heavy (non-hydrogen) atoms. The van der Waals surface area contributed by atoms with Gasteiger partial charge in [-0.3, -0.25) is 4.79 Å². The molecule has 2 aromatic rings. The van der Waals surface area contributed by atoms with Gasteiger partial charge in [0.2, 0.25) is 5.91 Å². The Morgan fingerprint density at radius 2 is 1.81 bits per heavy atom. The third kappa shape index (κ3) is 3.85. The third-order valence-electron chi connectivity index (χ3n) is 4.49. The molecule has 1 aliphatic rings. The smallest absolute Gasteiger partial charge is 0.235 e. The highest BCUT2D eigenvalue weighted by Crippen LogP contribution is 2.29. The molecule has 136 valence electrons. The molecule has 6 heteroatoms. The number of benzene rings is 2. The van der Waals surface area contributed by atoms with E-state index in [0.717, 1.165) is 11.0 Å². The maximum atomic E-state index is 13.4. The van der Waals surface area contributed by atoms with Crippen molar-refractivity contribution in [2.24, 2.45) is 0 Å². The van der Waals surface area contributed by atoms with Crippen LogP contribution in [0.25, 0.3) is 0 Å². The van der Waals surface area contributed by atoms with E-state index < -0.39 is 27.6 Å². The van der Waals surface area contributed by atoms with Crippen molar-refractivity contribution in [1.29, 1.82) is 0 Å². The van der Waals surface area contributed by atoms with Crippen molar-refractivity contribution >= 4 is 21.4 Å². The molecule has 0 saturated carbocycles. The van der Waals surface area contributed by atoms with E-state index in [1.807, 2.05) is 37.3 Å². The molecule has 0 radical (unpaired) electrons. The standard InChI is InChI=1S/C20H20FNO3S/c1-2-19(15-6-4-3-5-7-15)20(23)22(17-10-8-16(21)9-11-17)18-12-13-26(24,25)14-18/h3-13,18-19H,2,14H2,1H3. The first-order valence-electron chi connectivity index (χ1n) is 8.46. The van der Waals surface area contributed by atoms with Gasteiger partial charge in [-0.25, -0.2) is 12.8 Å². The Morgan fingerprint density at radius 3 is 2.35 bits per heavy atom. The van der Waals surface area contributed by atoms with Gasteiger partial charge in [0.25, 0.3) is 0 Å². The summed E-state index contributed by atoms with van der Waals surface area (Å²) in [4.78, 5) is 14.8. The van der Waals surface area contributed by atoms with Crippen molar-refractivity contribution in [2.75, 3.05) is 10.7 Å². The van der Waals surface area contributed by atoms with Crippen LogP contribution in [0.1, 0.15) is 24.8 Å². The first-order chi connectivity index (χ1) is 12.4. The number of halogens is 1. The quantitative estimate of drug-likeness (QED) is 0.804. The summed E-state index contributed by atoms with van der Waals surface area (Å²) in [5.74, 6) is -1.18. The topological polar surface area (TPSA) is 54.5 Å². The van der Waals surface area contributed by atoms with Gasteiger partial charge in [-0.05, 0) is 42.3 Å². The van der Waals surface area contributed by atoms with Crippen LogP contribution in [0.2, 0.25) is 0 Å². The zero-order valence-corrected chi connectivity index (χ0v) is 15.2. The lowest BCUT2D eigenvalue weighted by Crippen LogP contribution is -2.43. The number of amides is 1. The number of nitrogens with zero attached hydrogens (tertiary/aromatic N) is 1. The van der Waals surface area contributed by atoms with Crippen LogP contribution in [0.3, 0.4) is 0 Å². The Labute approximate surface area is 152 Å². The van der Waals surface area contributed by atoms with E-state index in [2.05, 4.69) is 0 Å². The van der Waals surface area contributed by atoms with Gasteiger partial charge in [0.15, 0.2) is 9.84 Å². The van der Waals surface area contributed by atoms with Gasteiger partial charge in [-0.2, -0.15) is 0 Å². The summed E-state index contributed by atoms with van der Waals surface area (Å²) in [6, 6.07) is 14.3. The van der Waals surface area contributed by atoms with Crippen LogP contribution < -0.4 is 4.90 Å². The van der Waals surface area contributed by atoms with Crippen LogP contribution in [-0.2, 0) is 14.6 Å². The lowest BCUT2D eigenvalue weighted by Gasteiger charge is -2.31. The van der Waals surface area contributed by atoms with Crippen molar-refractivity contribution in [3.05, 3.63) is 77.5 Å². The van der Waals surface area contributed by atoms with Crippen molar-refractivity contribution in [3.63, 3.8) is 0 Å². The fraction of sp³-hybridized carbons (Fsp3) is 0.250. The number of carbonyl (C=O) groups is 1. The second kappa shape index (κ2) is 7.41. The van der Waals surface area contributed by atoms with E-state index in [9.17, 15) is 17.6 Å². The zero-order chi connectivity index (χ0) is 18.7. The summed E-state index contributed by atoms with van der Waals surface area (Å²) in [7, 11) is -3.34. The van der Waals surface area contributed by atoms with Gasteiger partial charge >= 0.3 is 0 Å². The SMILES string of the molecule is CCC(C(=O)N(c1ccc(F)cc1)C1C=CS(=O)(=O)C1)c1ccccc1. The summed E-state index contributed by atoms with van der Waals surface area (Å²) in [5.41, 5.74) is 1.36. The number of sulfone groups is 1. The maximum Gasteiger partial charge on any atom is 0.235 e. The highest BCUT2D eigenvalue weighted by atomic mass is 32.2. The highest BCUT2D eigenvalue weighted by Gasteiger charge is 2.34. The fourth-order valence-corrected chi connectivity index (χ4v) is 4.48. The van der Waals surface area contributed by atoms with Gasteiger partial charge in [0.05, 0.1) is 17.7 Å². The summed E-state index contributed by atoms with van der Waals surface area (Å²) in [6.45, 7) is 1.92. The molecule has 2 atom stereocenters. The lowest BCUT2D eigenvalue weighted by atomic mass is 9.94. The van der Waals surface area contributed by atoms with E-state index in [4.69, 9.17) is 0 Å². The summed E-state index contributed by atoms with van der Waals surface area (Å²) in [6.07, 6.45) is 2.10. The van der Waals surface area contributed by atoms with E-state index in [1.54, 1.807) is 0 Å². The Kier molecular flexibility index (Phi) is 5.23. The number of rotatable bonds is 5. The van der Waals surface area contributed by atoms with Crippen LogP contribution in [0.5, 0.6) is 0 Å². The molecule has 2 aromatic carbocycles. The second-order valence-corrected chi connectivity index (χ2v) is 8.21. The molecule has 0 fully saturated rings.